The monoisotopic (exact) mass is 181 g/mol. The quantitative estimate of drug-likeness (QED) is 0.559. The molecular weight excluding hydrogens is 170 g/mol. The number of aryl methyl sites for hydroxylation is 1. The van der Waals surface area contributed by atoms with Crippen LogP contribution >= 0.6 is 11.3 Å². The van der Waals surface area contributed by atoms with Crippen LogP contribution in [0.4, 0.5) is 5.13 Å². The normalized spacial score (nSPS) is 18.2. The van der Waals surface area contributed by atoms with Gasteiger partial charge in [0.2, 0.25) is 5.13 Å². The summed E-state index contributed by atoms with van der Waals surface area (Å²) >= 11 is 1.54. The van der Waals surface area contributed by atoms with E-state index in [4.69, 9.17) is 5.73 Å². The lowest BCUT2D eigenvalue weighted by Gasteiger charge is -1.92. The second kappa shape index (κ2) is 2.86. The Labute approximate surface area is 75.3 Å². The van der Waals surface area contributed by atoms with E-state index in [9.17, 15) is 0 Å². The lowest BCUT2D eigenvalue weighted by atomic mass is 10.4. The molecule has 64 valence electrons. The van der Waals surface area contributed by atoms with Crippen molar-refractivity contribution in [1.29, 1.82) is 0 Å². The first kappa shape index (κ1) is 7.73. The summed E-state index contributed by atoms with van der Waals surface area (Å²) in [5, 5.41) is 2.77. The summed E-state index contributed by atoms with van der Waals surface area (Å²) < 4.78 is 0. The molecule has 0 spiro atoms. The van der Waals surface area contributed by atoms with E-state index < -0.39 is 0 Å². The van der Waals surface area contributed by atoms with Gasteiger partial charge in [0, 0.05) is 11.3 Å². The maximum atomic E-state index is 5.74. The molecule has 2 rings (SSSR count). The van der Waals surface area contributed by atoms with Gasteiger partial charge in [0.15, 0.2) is 0 Å². The van der Waals surface area contributed by atoms with E-state index in [1.807, 2.05) is 12.3 Å². The van der Waals surface area contributed by atoms with E-state index in [1.165, 1.54) is 12.8 Å². The van der Waals surface area contributed by atoms with Gasteiger partial charge in [-0.05, 0) is 19.8 Å². The molecule has 3 nitrogen and oxygen atoms in total. The van der Waals surface area contributed by atoms with Gasteiger partial charge in [0.05, 0.1) is 5.69 Å². The zero-order valence-electron chi connectivity index (χ0n) is 6.95. The molecule has 2 N–H and O–H groups in total. The average Bonchev–Trinajstić information content (AvgIpc) is 2.78. The minimum atomic E-state index is 0.536. The van der Waals surface area contributed by atoms with E-state index in [-0.39, 0.29) is 0 Å². The van der Waals surface area contributed by atoms with Gasteiger partial charge in [-0.1, -0.05) is 0 Å². The molecule has 0 radical (unpaired) electrons. The Morgan fingerprint density at radius 2 is 2.50 bits per heavy atom. The minimum absolute atomic E-state index is 0.536. The molecule has 1 fully saturated rings. The number of nitrogens with two attached hydrogens (primary N) is 1. The van der Waals surface area contributed by atoms with Crippen LogP contribution in [0.3, 0.4) is 0 Å². The molecule has 0 atom stereocenters. The van der Waals surface area contributed by atoms with Crippen LogP contribution in [0.2, 0.25) is 0 Å². The fourth-order valence-electron chi connectivity index (χ4n) is 0.974. The molecule has 12 heavy (non-hydrogen) atoms. The standard InChI is InChI=1S/C8H11N3S/c1-5-4-12-8(10-5)11-7(9)6-2-3-6/h4,6H,2-3H2,1H3,(H2,9,10,11). The number of nitrogens with zero attached hydrogens (tertiary/aromatic N) is 2. The van der Waals surface area contributed by atoms with Gasteiger partial charge in [-0.25, -0.2) is 9.98 Å². The molecule has 1 aliphatic rings. The van der Waals surface area contributed by atoms with Gasteiger partial charge in [-0.2, -0.15) is 0 Å². The second-order valence-electron chi connectivity index (χ2n) is 3.08. The van der Waals surface area contributed by atoms with Crippen LogP contribution in [0.15, 0.2) is 10.4 Å². The molecule has 4 heteroatoms. The molecule has 0 aliphatic heterocycles. The third-order valence-corrected chi connectivity index (χ3v) is 2.68. The highest BCUT2D eigenvalue weighted by Crippen LogP contribution is 2.30. The van der Waals surface area contributed by atoms with E-state index in [0.29, 0.717) is 5.92 Å². The Balaban J connectivity index is 2.15. The number of aromatic nitrogens is 1. The molecular formula is C8H11N3S. The van der Waals surface area contributed by atoms with Crippen LogP contribution in [-0.4, -0.2) is 10.8 Å². The van der Waals surface area contributed by atoms with Crippen LogP contribution < -0.4 is 5.73 Å². The van der Waals surface area contributed by atoms with Crippen LogP contribution in [0.1, 0.15) is 18.5 Å². The Bertz CT molecular complexity index is 312. The van der Waals surface area contributed by atoms with Crippen LogP contribution in [0.25, 0.3) is 0 Å². The maximum absolute atomic E-state index is 5.74. The molecule has 1 saturated carbocycles. The highest BCUT2D eigenvalue weighted by molar-refractivity contribution is 7.13. The number of rotatable bonds is 2. The second-order valence-corrected chi connectivity index (χ2v) is 3.92. The third-order valence-electron chi connectivity index (χ3n) is 1.83. The number of thiazole rings is 1. The van der Waals surface area contributed by atoms with Crippen molar-refractivity contribution in [2.24, 2.45) is 16.6 Å². The van der Waals surface area contributed by atoms with E-state index in [1.54, 1.807) is 11.3 Å². The van der Waals surface area contributed by atoms with E-state index in [0.717, 1.165) is 16.7 Å². The summed E-state index contributed by atoms with van der Waals surface area (Å²) in [6.07, 6.45) is 2.39. The maximum Gasteiger partial charge on any atom is 0.210 e. The smallest absolute Gasteiger partial charge is 0.210 e. The van der Waals surface area contributed by atoms with Crippen molar-refractivity contribution in [3.8, 4) is 0 Å². The van der Waals surface area contributed by atoms with Crippen LogP contribution in [-0.2, 0) is 0 Å². The predicted molar refractivity (Wildman–Crippen MR) is 50.9 cm³/mol. The molecule has 0 aromatic carbocycles. The van der Waals surface area contributed by atoms with Crippen molar-refractivity contribution in [1.82, 2.24) is 4.98 Å². The van der Waals surface area contributed by atoms with Gasteiger partial charge >= 0.3 is 0 Å². The first-order valence-electron chi connectivity index (χ1n) is 4.02. The minimum Gasteiger partial charge on any atom is -0.387 e. The lowest BCUT2D eigenvalue weighted by Crippen LogP contribution is -2.12. The van der Waals surface area contributed by atoms with Gasteiger partial charge in [0.1, 0.15) is 5.84 Å². The van der Waals surface area contributed by atoms with E-state index in [2.05, 4.69) is 9.98 Å². The van der Waals surface area contributed by atoms with Gasteiger partial charge < -0.3 is 5.73 Å². The fourth-order valence-corrected chi connectivity index (χ4v) is 1.66. The largest absolute Gasteiger partial charge is 0.387 e. The van der Waals surface area contributed by atoms with Crippen molar-refractivity contribution < 1.29 is 0 Å². The van der Waals surface area contributed by atoms with Crippen molar-refractivity contribution in [3.05, 3.63) is 11.1 Å². The zero-order chi connectivity index (χ0) is 8.55. The topological polar surface area (TPSA) is 51.3 Å². The first-order valence-corrected chi connectivity index (χ1v) is 4.90. The Morgan fingerprint density at radius 1 is 1.75 bits per heavy atom. The van der Waals surface area contributed by atoms with Crippen molar-refractivity contribution in [2.45, 2.75) is 19.8 Å². The van der Waals surface area contributed by atoms with Crippen molar-refractivity contribution >= 4 is 22.3 Å². The van der Waals surface area contributed by atoms with Crippen molar-refractivity contribution in [3.63, 3.8) is 0 Å². The lowest BCUT2D eigenvalue weighted by molar-refractivity contribution is 1.14. The Hall–Kier alpha value is -0.900. The van der Waals surface area contributed by atoms with Crippen LogP contribution in [0, 0.1) is 12.8 Å². The van der Waals surface area contributed by atoms with E-state index >= 15 is 0 Å². The highest BCUT2D eigenvalue weighted by atomic mass is 32.1. The summed E-state index contributed by atoms with van der Waals surface area (Å²) in [5.74, 6) is 1.29. The van der Waals surface area contributed by atoms with Gasteiger partial charge in [0.25, 0.3) is 0 Å². The fraction of sp³-hybridized carbons (Fsp3) is 0.500. The molecule has 0 bridgehead atoms. The Morgan fingerprint density at radius 3 is 3.00 bits per heavy atom. The molecule has 1 aliphatic carbocycles. The predicted octanol–water partition coefficient (Wildman–Crippen LogP) is 1.85. The molecule has 1 aromatic rings. The zero-order valence-corrected chi connectivity index (χ0v) is 7.77. The summed E-state index contributed by atoms with van der Waals surface area (Å²) in [7, 11) is 0. The van der Waals surface area contributed by atoms with Gasteiger partial charge in [-0.15, -0.1) is 11.3 Å². The Kier molecular flexibility index (Phi) is 1.84. The summed E-state index contributed by atoms with van der Waals surface area (Å²) in [6.45, 7) is 1.96. The molecule has 1 aromatic heterocycles. The number of aliphatic imine (C=N–C) groups is 1. The van der Waals surface area contributed by atoms with Crippen molar-refractivity contribution in [2.75, 3.05) is 0 Å². The summed E-state index contributed by atoms with van der Waals surface area (Å²) in [5.41, 5.74) is 6.75. The highest BCUT2D eigenvalue weighted by Gasteiger charge is 2.25. The van der Waals surface area contributed by atoms with Gasteiger partial charge in [-0.3, -0.25) is 0 Å². The third kappa shape index (κ3) is 1.64. The number of hydrogen-bond donors (Lipinski definition) is 1. The summed E-state index contributed by atoms with van der Waals surface area (Å²) in [6, 6.07) is 0. The molecule has 0 amide bonds. The molecule has 0 saturated heterocycles. The molecule has 1 heterocycles. The molecule has 0 unspecified atom stereocenters. The SMILES string of the molecule is Cc1csc(N=C(N)C2CC2)n1. The number of hydrogen-bond acceptors (Lipinski definition) is 3. The van der Waals surface area contributed by atoms with Crippen LogP contribution in [0.5, 0.6) is 0 Å². The summed E-state index contributed by atoms with van der Waals surface area (Å²) in [4.78, 5) is 8.46. The number of amidine groups is 1. The average molecular weight is 181 g/mol. The first-order chi connectivity index (χ1) is 5.75.